The number of fused-ring (bicyclic) bond motifs is 1. The SMILES string of the molecule is CC(C)CC(CN(C)C)NCc1ccc2cnccc2c1. The van der Waals surface area contributed by atoms with Crippen LogP contribution in [-0.4, -0.2) is 36.6 Å². The minimum Gasteiger partial charge on any atom is -0.309 e. The van der Waals surface area contributed by atoms with Crippen molar-refractivity contribution >= 4 is 10.8 Å². The van der Waals surface area contributed by atoms with Crippen molar-refractivity contribution in [1.29, 1.82) is 0 Å². The van der Waals surface area contributed by atoms with Crippen LogP contribution in [-0.2, 0) is 6.54 Å². The molecule has 0 aliphatic rings. The van der Waals surface area contributed by atoms with Gasteiger partial charge in [-0.15, -0.1) is 0 Å². The van der Waals surface area contributed by atoms with Gasteiger partial charge in [0.2, 0.25) is 0 Å². The van der Waals surface area contributed by atoms with Gasteiger partial charge in [-0.25, -0.2) is 0 Å². The molecule has 1 atom stereocenters. The largest absolute Gasteiger partial charge is 0.309 e. The van der Waals surface area contributed by atoms with Crippen molar-refractivity contribution in [1.82, 2.24) is 15.2 Å². The zero-order valence-electron chi connectivity index (χ0n) is 13.6. The van der Waals surface area contributed by atoms with E-state index in [9.17, 15) is 0 Å². The molecule has 3 heteroatoms. The lowest BCUT2D eigenvalue weighted by molar-refractivity contribution is 0.305. The Labute approximate surface area is 128 Å². The lowest BCUT2D eigenvalue weighted by Crippen LogP contribution is -2.38. The molecule has 1 aromatic heterocycles. The highest BCUT2D eigenvalue weighted by Gasteiger charge is 2.11. The molecule has 0 saturated carbocycles. The number of aromatic nitrogens is 1. The topological polar surface area (TPSA) is 28.2 Å². The van der Waals surface area contributed by atoms with Crippen LogP contribution in [0.2, 0.25) is 0 Å². The van der Waals surface area contributed by atoms with Gasteiger partial charge in [-0.2, -0.15) is 0 Å². The Morgan fingerprint density at radius 1 is 1.14 bits per heavy atom. The Kier molecular flexibility index (Phi) is 5.71. The van der Waals surface area contributed by atoms with Crippen LogP contribution in [0.5, 0.6) is 0 Å². The second kappa shape index (κ2) is 7.53. The summed E-state index contributed by atoms with van der Waals surface area (Å²) in [6, 6.07) is 9.21. The number of benzene rings is 1. The highest BCUT2D eigenvalue weighted by Crippen LogP contribution is 2.15. The molecule has 0 saturated heterocycles. The Balaban J connectivity index is 2.00. The first-order valence-electron chi connectivity index (χ1n) is 7.75. The molecule has 1 N–H and O–H groups in total. The fourth-order valence-corrected chi connectivity index (χ4v) is 2.74. The number of nitrogens with one attached hydrogen (secondary N) is 1. The van der Waals surface area contributed by atoms with Gasteiger partial charge >= 0.3 is 0 Å². The molecule has 0 aliphatic carbocycles. The van der Waals surface area contributed by atoms with Crippen LogP contribution >= 0.6 is 0 Å². The summed E-state index contributed by atoms with van der Waals surface area (Å²) < 4.78 is 0. The quantitative estimate of drug-likeness (QED) is 0.846. The van der Waals surface area contributed by atoms with E-state index in [1.54, 1.807) is 0 Å². The van der Waals surface area contributed by atoms with Crippen molar-refractivity contribution in [2.24, 2.45) is 5.92 Å². The van der Waals surface area contributed by atoms with E-state index in [1.165, 1.54) is 22.8 Å². The Morgan fingerprint density at radius 3 is 2.67 bits per heavy atom. The predicted molar refractivity (Wildman–Crippen MR) is 90.4 cm³/mol. The van der Waals surface area contributed by atoms with E-state index in [2.05, 4.69) is 67.4 Å². The first kappa shape index (κ1) is 15.9. The Hall–Kier alpha value is -1.45. The van der Waals surface area contributed by atoms with Gasteiger partial charge in [-0.3, -0.25) is 4.98 Å². The summed E-state index contributed by atoms with van der Waals surface area (Å²) in [6.45, 7) is 6.57. The second-order valence-electron chi connectivity index (χ2n) is 6.53. The minimum absolute atomic E-state index is 0.535. The van der Waals surface area contributed by atoms with E-state index in [4.69, 9.17) is 0 Å². The first-order valence-corrected chi connectivity index (χ1v) is 7.75. The third kappa shape index (κ3) is 5.10. The van der Waals surface area contributed by atoms with Crippen molar-refractivity contribution in [2.45, 2.75) is 32.9 Å². The molecule has 0 spiro atoms. The van der Waals surface area contributed by atoms with E-state index in [-0.39, 0.29) is 0 Å². The summed E-state index contributed by atoms with van der Waals surface area (Å²) in [4.78, 5) is 6.42. The smallest absolute Gasteiger partial charge is 0.0346 e. The van der Waals surface area contributed by atoms with Crippen LogP contribution in [0.1, 0.15) is 25.8 Å². The molecule has 1 unspecified atom stereocenters. The molecule has 0 aliphatic heterocycles. The third-order valence-corrected chi connectivity index (χ3v) is 3.64. The maximum absolute atomic E-state index is 4.16. The maximum Gasteiger partial charge on any atom is 0.0346 e. The van der Waals surface area contributed by atoms with Gasteiger partial charge in [0.25, 0.3) is 0 Å². The molecule has 21 heavy (non-hydrogen) atoms. The molecule has 2 aromatic rings. The van der Waals surface area contributed by atoms with Crippen LogP contribution in [0.15, 0.2) is 36.7 Å². The highest BCUT2D eigenvalue weighted by molar-refractivity contribution is 5.81. The number of nitrogens with zero attached hydrogens (tertiary/aromatic N) is 2. The van der Waals surface area contributed by atoms with E-state index >= 15 is 0 Å². The Morgan fingerprint density at radius 2 is 1.95 bits per heavy atom. The fourth-order valence-electron chi connectivity index (χ4n) is 2.74. The van der Waals surface area contributed by atoms with Crippen molar-refractivity contribution in [3.63, 3.8) is 0 Å². The van der Waals surface area contributed by atoms with Gasteiger partial charge in [-0.1, -0.05) is 26.0 Å². The molecular weight excluding hydrogens is 258 g/mol. The summed E-state index contributed by atoms with van der Waals surface area (Å²) in [7, 11) is 4.27. The van der Waals surface area contributed by atoms with Crippen LogP contribution in [0.25, 0.3) is 10.8 Å². The number of rotatable bonds is 7. The highest BCUT2D eigenvalue weighted by atomic mass is 15.1. The molecule has 3 nitrogen and oxygen atoms in total. The van der Waals surface area contributed by atoms with Gasteiger partial charge in [0.1, 0.15) is 0 Å². The summed E-state index contributed by atoms with van der Waals surface area (Å²) in [6.07, 6.45) is 4.98. The molecular formula is C18H27N3. The normalized spacial score (nSPS) is 13.2. The zero-order valence-corrected chi connectivity index (χ0v) is 13.6. The van der Waals surface area contributed by atoms with Gasteiger partial charge in [0.15, 0.2) is 0 Å². The van der Waals surface area contributed by atoms with E-state index in [0.29, 0.717) is 12.0 Å². The molecule has 0 bridgehead atoms. The molecule has 0 fully saturated rings. The lowest BCUT2D eigenvalue weighted by atomic mass is 10.0. The molecule has 1 aromatic carbocycles. The number of hydrogen-bond acceptors (Lipinski definition) is 3. The zero-order chi connectivity index (χ0) is 15.2. The fraction of sp³-hybridized carbons (Fsp3) is 0.500. The van der Waals surface area contributed by atoms with Crippen LogP contribution < -0.4 is 5.32 Å². The molecule has 114 valence electrons. The van der Waals surface area contributed by atoms with Crippen molar-refractivity contribution in [3.8, 4) is 0 Å². The van der Waals surface area contributed by atoms with E-state index in [0.717, 1.165) is 13.1 Å². The van der Waals surface area contributed by atoms with E-state index < -0.39 is 0 Å². The number of hydrogen-bond donors (Lipinski definition) is 1. The second-order valence-corrected chi connectivity index (χ2v) is 6.53. The molecule has 1 heterocycles. The van der Waals surface area contributed by atoms with Gasteiger partial charge in [0.05, 0.1) is 0 Å². The van der Waals surface area contributed by atoms with Crippen LogP contribution in [0, 0.1) is 5.92 Å². The lowest BCUT2D eigenvalue weighted by Gasteiger charge is -2.24. The molecule has 0 amide bonds. The maximum atomic E-state index is 4.16. The van der Waals surface area contributed by atoms with Crippen molar-refractivity contribution in [3.05, 3.63) is 42.2 Å². The molecule has 2 rings (SSSR count). The van der Waals surface area contributed by atoms with Crippen molar-refractivity contribution < 1.29 is 0 Å². The summed E-state index contributed by atoms with van der Waals surface area (Å²) in [5.41, 5.74) is 1.33. The average molecular weight is 285 g/mol. The van der Waals surface area contributed by atoms with Gasteiger partial charge < -0.3 is 10.2 Å². The van der Waals surface area contributed by atoms with Crippen LogP contribution in [0.3, 0.4) is 0 Å². The Bertz CT molecular complexity index is 553. The summed E-state index contributed by atoms with van der Waals surface area (Å²) in [5.74, 6) is 0.713. The molecule has 0 radical (unpaired) electrons. The van der Waals surface area contributed by atoms with Crippen LogP contribution in [0.4, 0.5) is 0 Å². The average Bonchev–Trinajstić information content (AvgIpc) is 2.43. The van der Waals surface area contributed by atoms with E-state index in [1.807, 2.05) is 12.4 Å². The minimum atomic E-state index is 0.535. The third-order valence-electron chi connectivity index (χ3n) is 3.64. The first-order chi connectivity index (χ1) is 10.0. The summed E-state index contributed by atoms with van der Waals surface area (Å²) in [5, 5.41) is 6.17. The van der Waals surface area contributed by atoms with Gasteiger partial charge in [-0.05, 0) is 49.5 Å². The summed E-state index contributed by atoms with van der Waals surface area (Å²) >= 11 is 0. The van der Waals surface area contributed by atoms with Gasteiger partial charge in [0, 0.05) is 36.9 Å². The van der Waals surface area contributed by atoms with Crippen molar-refractivity contribution in [2.75, 3.05) is 20.6 Å². The number of pyridine rings is 1. The monoisotopic (exact) mass is 285 g/mol. The standard InChI is InChI=1S/C18H27N3/c1-14(2)9-18(13-21(3)4)20-11-15-5-6-17-12-19-8-7-16(17)10-15/h5-8,10,12,14,18,20H,9,11,13H2,1-4H3. The number of likely N-dealkylation sites (N-methyl/N-ethyl adjacent to an activating group) is 1. The predicted octanol–water partition coefficient (Wildman–Crippen LogP) is 3.30.